The summed E-state index contributed by atoms with van der Waals surface area (Å²) in [6.07, 6.45) is 0. The Hall–Kier alpha value is -1.40. The summed E-state index contributed by atoms with van der Waals surface area (Å²) in [4.78, 5) is 6.87. The molecular weight excluding hydrogens is 332 g/mol. The highest BCUT2D eigenvalue weighted by atomic mass is 32.2. The fourth-order valence-electron chi connectivity index (χ4n) is 2.82. The van der Waals surface area contributed by atoms with Crippen LogP contribution in [0.3, 0.4) is 0 Å². The molecule has 0 aromatic heterocycles. The monoisotopic (exact) mass is 364 g/mol. The Morgan fingerprint density at radius 3 is 2.76 bits per heavy atom. The van der Waals surface area contributed by atoms with Crippen LogP contribution in [0, 0.1) is 5.92 Å². The van der Waals surface area contributed by atoms with Crippen molar-refractivity contribution in [2.24, 2.45) is 10.9 Å². The van der Waals surface area contributed by atoms with Gasteiger partial charge in [-0.3, -0.25) is 4.99 Å². The molecule has 1 heterocycles. The molecular formula is C19H32N4OS. The van der Waals surface area contributed by atoms with Crippen LogP contribution in [0.25, 0.3) is 0 Å². The van der Waals surface area contributed by atoms with E-state index in [0.29, 0.717) is 17.8 Å². The molecule has 0 saturated carbocycles. The topological polar surface area (TPSA) is 48.9 Å². The Kier molecular flexibility index (Phi) is 8.41. The fourth-order valence-corrected chi connectivity index (χ4v) is 4.12. The van der Waals surface area contributed by atoms with E-state index in [-0.39, 0.29) is 0 Å². The quantitative estimate of drug-likeness (QED) is 0.443. The predicted octanol–water partition coefficient (Wildman–Crippen LogP) is 2.89. The van der Waals surface area contributed by atoms with Crippen LogP contribution >= 0.6 is 11.8 Å². The maximum atomic E-state index is 5.05. The van der Waals surface area contributed by atoms with Gasteiger partial charge in [-0.1, -0.05) is 26.0 Å². The molecule has 0 aliphatic carbocycles. The Morgan fingerprint density at radius 2 is 2.12 bits per heavy atom. The number of thioether (sulfide) groups is 1. The van der Waals surface area contributed by atoms with Gasteiger partial charge in [0.2, 0.25) is 0 Å². The van der Waals surface area contributed by atoms with Gasteiger partial charge in [-0.2, -0.15) is 11.8 Å². The van der Waals surface area contributed by atoms with Crippen LogP contribution < -0.4 is 10.6 Å². The van der Waals surface area contributed by atoms with Crippen molar-refractivity contribution < 1.29 is 4.74 Å². The predicted molar refractivity (Wildman–Crippen MR) is 110 cm³/mol. The maximum Gasteiger partial charge on any atom is 0.193 e. The van der Waals surface area contributed by atoms with E-state index in [2.05, 4.69) is 70.4 Å². The largest absolute Gasteiger partial charge is 0.383 e. The van der Waals surface area contributed by atoms with Crippen molar-refractivity contribution in [1.29, 1.82) is 0 Å². The number of aliphatic imine (C=N–C) groups is 1. The minimum atomic E-state index is 0.685. The summed E-state index contributed by atoms with van der Waals surface area (Å²) in [6.45, 7) is 9.08. The molecule has 1 aliphatic heterocycles. The average molecular weight is 365 g/mol. The molecule has 2 rings (SSSR count). The third-order valence-electron chi connectivity index (χ3n) is 4.39. The summed E-state index contributed by atoms with van der Waals surface area (Å²) in [5.74, 6) is 2.88. The zero-order valence-corrected chi connectivity index (χ0v) is 16.7. The molecule has 0 spiro atoms. The number of methoxy groups -OCH3 is 1. The van der Waals surface area contributed by atoms with Gasteiger partial charge in [0, 0.05) is 57.0 Å². The van der Waals surface area contributed by atoms with Gasteiger partial charge in [0.05, 0.1) is 6.61 Å². The lowest BCUT2D eigenvalue weighted by Gasteiger charge is -2.36. The smallest absolute Gasteiger partial charge is 0.193 e. The molecule has 0 amide bonds. The van der Waals surface area contributed by atoms with Gasteiger partial charge in [0.1, 0.15) is 0 Å². The molecule has 140 valence electrons. The lowest BCUT2D eigenvalue weighted by molar-refractivity contribution is 0.211. The Labute approximate surface area is 156 Å². The highest BCUT2D eigenvalue weighted by Gasteiger charge is 2.24. The van der Waals surface area contributed by atoms with E-state index in [1.54, 1.807) is 7.11 Å². The zero-order valence-electron chi connectivity index (χ0n) is 15.9. The lowest BCUT2D eigenvalue weighted by atomic mass is 10.1. The number of rotatable bonds is 7. The van der Waals surface area contributed by atoms with Gasteiger partial charge in [-0.25, -0.2) is 0 Å². The number of hydrogen-bond donors (Lipinski definition) is 2. The van der Waals surface area contributed by atoms with Crippen molar-refractivity contribution in [2.75, 3.05) is 51.5 Å². The number of ether oxygens (including phenoxy) is 1. The number of guanidine groups is 1. The van der Waals surface area contributed by atoms with E-state index >= 15 is 0 Å². The van der Waals surface area contributed by atoms with Crippen LogP contribution in [0.2, 0.25) is 0 Å². The first kappa shape index (κ1) is 19.9. The standard InChI is InChI=1S/C19H32N4OS/c1-15(2)18-14-23(10-12-25-18)19(20-3)22-13-16-5-7-17(8-6-16)21-9-11-24-4/h5-8,15,18,21H,9-14H2,1-4H3,(H,20,22). The summed E-state index contributed by atoms with van der Waals surface area (Å²) in [5, 5.41) is 7.53. The normalized spacial score (nSPS) is 18.5. The van der Waals surface area contributed by atoms with Crippen LogP contribution in [0.4, 0.5) is 5.69 Å². The maximum absolute atomic E-state index is 5.05. The molecule has 1 aliphatic rings. The van der Waals surface area contributed by atoms with E-state index in [9.17, 15) is 0 Å². The van der Waals surface area contributed by atoms with E-state index in [0.717, 1.165) is 37.8 Å². The molecule has 1 fully saturated rings. The van der Waals surface area contributed by atoms with Crippen molar-refractivity contribution in [3.63, 3.8) is 0 Å². The highest BCUT2D eigenvalue weighted by molar-refractivity contribution is 8.00. The van der Waals surface area contributed by atoms with E-state index in [1.165, 1.54) is 11.3 Å². The molecule has 1 aromatic rings. The summed E-state index contributed by atoms with van der Waals surface area (Å²) in [7, 11) is 3.59. The lowest BCUT2D eigenvalue weighted by Crippen LogP contribution is -2.48. The van der Waals surface area contributed by atoms with Crippen molar-refractivity contribution in [1.82, 2.24) is 10.2 Å². The van der Waals surface area contributed by atoms with Gasteiger partial charge in [0.15, 0.2) is 5.96 Å². The number of benzene rings is 1. The first-order valence-corrected chi connectivity index (χ1v) is 10.1. The SMILES string of the molecule is CN=C(NCc1ccc(NCCOC)cc1)N1CCSC(C(C)C)C1. The second kappa shape index (κ2) is 10.6. The van der Waals surface area contributed by atoms with E-state index in [1.807, 2.05) is 7.05 Å². The third kappa shape index (κ3) is 6.44. The van der Waals surface area contributed by atoms with Crippen molar-refractivity contribution in [2.45, 2.75) is 25.6 Å². The van der Waals surface area contributed by atoms with Gasteiger partial charge < -0.3 is 20.3 Å². The number of nitrogens with zero attached hydrogens (tertiary/aromatic N) is 2. The molecule has 1 atom stereocenters. The average Bonchev–Trinajstić information content (AvgIpc) is 2.64. The first-order valence-electron chi connectivity index (χ1n) is 9.03. The minimum absolute atomic E-state index is 0.685. The number of hydrogen-bond acceptors (Lipinski definition) is 4. The summed E-state index contributed by atoms with van der Waals surface area (Å²) >= 11 is 2.09. The molecule has 1 saturated heterocycles. The molecule has 0 radical (unpaired) electrons. The van der Waals surface area contributed by atoms with E-state index in [4.69, 9.17) is 4.74 Å². The zero-order chi connectivity index (χ0) is 18.1. The van der Waals surface area contributed by atoms with Crippen molar-refractivity contribution in [3.8, 4) is 0 Å². The van der Waals surface area contributed by atoms with E-state index < -0.39 is 0 Å². The summed E-state index contributed by atoms with van der Waals surface area (Å²) < 4.78 is 5.05. The van der Waals surface area contributed by atoms with Crippen LogP contribution in [0.1, 0.15) is 19.4 Å². The van der Waals surface area contributed by atoms with Gasteiger partial charge >= 0.3 is 0 Å². The molecule has 5 nitrogen and oxygen atoms in total. The first-order chi connectivity index (χ1) is 12.1. The van der Waals surface area contributed by atoms with Gasteiger partial charge in [-0.05, 0) is 23.6 Å². The minimum Gasteiger partial charge on any atom is -0.383 e. The Bertz CT molecular complexity index is 533. The van der Waals surface area contributed by atoms with Crippen molar-refractivity contribution >= 4 is 23.4 Å². The van der Waals surface area contributed by atoms with Gasteiger partial charge in [-0.15, -0.1) is 0 Å². The fraction of sp³-hybridized carbons (Fsp3) is 0.632. The van der Waals surface area contributed by atoms with Crippen LogP contribution in [-0.4, -0.2) is 62.3 Å². The number of nitrogens with one attached hydrogen (secondary N) is 2. The second-order valence-electron chi connectivity index (χ2n) is 6.62. The van der Waals surface area contributed by atoms with Crippen LogP contribution in [-0.2, 0) is 11.3 Å². The molecule has 6 heteroatoms. The number of anilines is 1. The van der Waals surface area contributed by atoms with Crippen molar-refractivity contribution in [3.05, 3.63) is 29.8 Å². The van der Waals surface area contributed by atoms with Crippen LogP contribution in [0.5, 0.6) is 0 Å². The summed E-state index contributed by atoms with van der Waals surface area (Å²) in [6, 6.07) is 8.53. The molecule has 0 bridgehead atoms. The Balaban J connectivity index is 1.84. The molecule has 2 N–H and O–H groups in total. The highest BCUT2D eigenvalue weighted by Crippen LogP contribution is 2.24. The Morgan fingerprint density at radius 1 is 1.36 bits per heavy atom. The van der Waals surface area contributed by atoms with Crippen LogP contribution in [0.15, 0.2) is 29.3 Å². The summed E-state index contributed by atoms with van der Waals surface area (Å²) in [5.41, 5.74) is 2.38. The molecule has 1 aromatic carbocycles. The van der Waals surface area contributed by atoms with Gasteiger partial charge in [0.25, 0.3) is 0 Å². The molecule has 25 heavy (non-hydrogen) atoms. The second-order valence-corrected chi connectivity index (χ2v) is 7.96. The molecule has 1 unspecified atom stereocenters. The third-order valence-corrected chi connectivity index (χ3v) is 5.93.